The molecule has 1 saturated heterocycles. The molecule has 2 rings (SSSR count). The molecule has 1 fully saturated rings. The Bertz CT molecular complexity index is 394. The van der Waals surface area contributed by atoms with E-state index < -0.39 is 0 Å². The predicted molar refractivity (Wildman–Crippen MR) is 55.0 cm³/mol. The van der Waals surface area contributed by atoms with Crippen LogP contribution < -0.4 is 16.0 Å². The predicted octanol–water partition coefficient (Wildman–Crippen LogP) is 0.814. The Kier molecular flexibility index (Phi) is 2.55. The fourth-order valence-corrected chi connectivity index (χ4v) is 1.66. The van der Waals surface area contributed by atoms with E-state index in [1.807, 2.05) is 0 Å². The second-order valence-electron chi connectivity index (χ2n) is 3.36. The summed E-state index contributed by atoms with van der Waals surface area (Å²) < 4.78 is 13.1. The van der Waals surface area contributed by atoms with Crippen molar-refractivity contribution in [3.63, 3.8) is 0 Å². The van der Waals surface area contributed by atoms with E-state index in [0.717, 1.165) is 5.56 Å². The zero-order valence-electron chi connectivity index (χ0n) is 8.16. The molecule has 1 heterocycles. The summed E-state index contributed by atoms with van der Waals surface area (Å²) in [6.07, 6.45) is 0. The van der Waals surface area contributed by atoms with E-state index in [4.69, 9.17) is 5.73 Å². The molecular weight excluding hydrogens is 197 g/mol. The molecule has 0 atom stereocenters. The fourth-order valence-electron chi connectivity index (χ4n) is 1.66. The molecule has 1 aliphatic rings. The van der Waals surface area contributed by atoms with Crippen molar-refractivity contribution in [2.45, 2.75) is 6.54 Å². The van der Waals surface area contributed by atoms with E-state index in [1.165, 1.54) is 17.0 Å². The highest BCUT2D eigenvalue weighted by Gasteiger charge is 2.23. The summed E-state index contributed by atoms with van der Waals surface area (Å²) in [5.41, 5.74) is 6.87. The molecule has 0 unspecified atom stereocenters. The van der Waals surface area contributed by atoms with E-state index in [9.17, 15) is 9.18 Å². The topological polar surface area (TPSA) is 58.4 Å². The Labute approximate surface area is 86.9 Å². The van der Waals surface area contributed by atoms with Gasteiger partial charge in [0.25, 0.3) is 0 Å². The first-order valence-electron chi connectivity index (χ1n) is 4.76. The van der Waals surface area contributed by atoms with E-state index in [2.05, 4.69) is 5.32 Å². The van der Waals surface area contributed by atoms with Gasteiger partial charge in [0, 0.05) is 19.6 Å². The molecule has 1 aliphatic heterocycles. The summed E-state index contributed by atoms with van der Waals surface area (Å²) in [4.78, 5) is 12.9. The zero-order chi connectivity index (χ0) is 10.8. The molecular formula is C10H12FN3O. The summed E-state index contributed by atoms with van der Waals surface area (Å²) in [7, 11) is 0. The summed E-state index contributed by atoms with van der Waals surface area (Å²) in [5.74, 6) is -0.359. The minimum atomic E-state index is -0.359. The number of carbonyl (C=O) groups is 1. The first-order chi connectivity index (χ1) is 7.22. The van der Waals surface area contributed by atoms with Gasteiger partial charge in [0.1, 0.15) is 5.82 Å². The van der Waals surface area contributed by atoms with Gasteiger partial charge in [-0.25, -0.2) is 9.18 Å². The van der Waals surface area contributed by atoms with Gasteiger partial charge in [-0.3, -0.25) is 4.90 Å². The first-order valence-corrected chi connectivity index (χ1v) is 4.76. The number of nitrogens with two attached hydrogens (primary N) is 1. The van der Waals surface area contributed by atoms with E-state index in [-0.39, 0.29) is 11.8 Å². The van der Waals surface area contributed by atoms with Crippen LogP contribution in [-0.2, 0) is 6.54 Å². The molecule has 1 aromatic rings. The van der Waals surface area contributed by atoms with Gasteiger partial charge in [-0.1, -0.05) is 6.07 Å². The van der Waals surface area contributed by atoms with Crippen LogP contribution in [0.25, 0.3) is 0 Å². The normalized spacial score (nSPS) is 15.6. The lowest BCUT2D eigenvalue weighted by Gasteiger charge is -2.17. The average molecular weight is 209 g/mol. The lowest BCUT2D eigenvalue weighted by atomic mass is 10.1. The van der Waals surface area contributed by atoms with Crippen molar-refractivity contribution < 1.29 is 9.18 Å². The van der Waals surface area contributed by atoms with Crippen molar-refractivity contribution in [2.24, 2.45) is 5.73 Å². The van der Waals surface area contributed by atoms with Crippen LogP contribution in [0.5, 0.6) is 0 Å². The number of rotatable bonds is 2. The number of urea groups is 1. The van der Waals surface area contributed by atoms with Crippen LogP contribution in [-0.4, -0.2) is 19.1 Å². The minimum absolute atomic E-state index is 0.199. The van der Waals surface area contributed by atoms with Crippen LogP contribution in [0.3, 0.4) is 0 Å². The second kappa shape index (κ2) is 3.86. The van der Waals surface area contributed by atoms with Gasteiger partial charge in [0.05, 0.1) is 5.69 Å². The van der Waals surface area contributed by atoms with Gasteiger partial charge in [0.2, 0.25) is 0 Å². The monoisotopic (exact) mass is 209 g/mol. The molecule has 5 heteroatoms. The largest absolute Gasteiger partial charge is 0.336 e. The molecule has 0 saturated carbocycles. The Morgan fingerprint density at radius 3 is 2.93 bits per heavy atom. The maximum atomic E-state index is 13.1. The Morgan fingerprint density at radius 1 is 1.53 bits per heavy atom. The zero-order valence-corrected chi connectivity index (χ0v) is 8.16. The number of carbonyl (C=O) groups excluding carboxylic acids is 1. The van der Waals surface area contributed by atoms with Gasteiger partial charge in [0.15, 0.2) is 0 Å². The smallest absolute Gasteiger partial charge is 0.322 e. The number of anilines is 1. The summed E-state index contributed by atoms with van der Waals surface area (Å²) in [6, 6.07) is 4.10. The average Bonchev–Trinajstić information content (AvgIpc) is 2.64. The molecule has 0 radical (unpaired) electrons. The standard InChI is InChI=1S/C10H12FN3O/c11-8-2-1-7(6-12)9(5-8)14-4-3-13-10(14)15/h1-2,5H,3-4,6,12H2,(H,13,15). The maximum absolute atomic E-state index is 13.1. The fraction of sp³-hybridized carbons (Fsp3) is 0.300. The quantitative estimate of drug-likeness (QED) is 0.757. The second-order valence-corrected chi connectivity index (χ2v) is 3.36. The SMILES string of the molecule is NCc1ccc(F)cc1N1CCNC1=O. The molecule has 80 valence electrons. The number of benzene rings is 1. The molecule has 0 aliphatic carbocycles. The molecule has 1 aromatic carbocycles. The summed E-state index contributed by atoms with van der Waals surface area (Å²) in [5, 5.41) is 2.66. The molecule has 0 bridgehead atoms. The number of amides is 2. The van der Waals surface area contributed by atoms with E-state index in [0.29, 0.717) is 25.3 Å². The molecule has 0 aromatic heterocycles. The maximum Gasteiger partial charge on any atom is 0.322 e. The summed E-state index contributed by atoms with van der Waals surface area (Å²) >= 11 is 0. The third kappa shape index (κ3) is 1.78. The number of halogens is 1. The van der Waals surface area contributed by atoms with Crippen LogP contribution in [0.4, 0.5) is 14.9 Å². The van der Waals surface area contributed by atoms with Crippen LogP contribution in [0.15, 0.2) is 18.2 Å². The van der Waals surface area contributed by atoms with Gasteiger partial charge < -0.3 is 11.1 Å². The van der Waals surface area contributed by atoms with Crippen LogP contribution >= 0.6 is 0 Å². The van der Waals surface area contributed by atoms with Gasteiger partial charge in [-0.15, -0.1) is 0 Å². The van der Waals surface area contributed by atoms with Crippen molar-refractivity contribution >= 4 is 11.7 Å². The highest BCUT2D eigenvalue weighted by atomic mass is 19.1. The van der Waals surface area contributed by atoms with Gasteiger partial charge in [-0.05, 0) is 17.7 Å². The van der Waals surface area contributed by atoms with Crippen molar-refractivity contribution in [3.05, 3.63) is 29.6 Å². The lowest BCUT2D eigenvalue weighted by Crippen LogP contribution is -2.29. The van der Waals surface area contributed by atoms with Crippen LogP contribution in [0.2, 0.25) is 0 Å². The third-order valence-electron chi connectivity index (χ3n) is 2.41. The van der Waals surface area contributed by atoms with Crippen LogP contribution in [0, 0.1) is 5.82 Å². The highest BCUT2D eigenvalue weighted by Crippen LogP contribution is 2.22. The molecule has 3 N–H and O–H groups in total. The Hall–Kier alpha value is -1.62. The van der Waals surface area contributed by atoms with E-state index in [1.54, 1.807) is 6.07 Å². The highest BCUT2D eigenvalue weighted by molar-refractivity contribution is 5.94. The lowest BCUT2D eigenvalue weighted by molar-refractivity contribution is 0.252. The summed E-state index contributed by atoms with van der Waals surface area (Å²) in [6.45, 7) is 1.42. The van der Waals surface area contributed by atoms with Crippen molar-refractivity contribution in [1.29, 1.82) is 0 Å². The molecule has 15 heavy (non-hydrogen) atoms. The number of nitrogens with one attached hydrogen (secondary N) is 1. The molecule has 0 spiro atoms. The van der Waals surface area contributed by atoms with Crippen LogP contribution in [0.1, 0.15) is 5.56 Å². The number of hydrogen-bond acceptors (Lipinski definition) is 2. The van der Waals surface area contributed by atoms with Gasteiger partial charge in [-0.2, -0.15) is 0 Å². The Morgan fingerprint density at radius 2 is 2.33 bits per heavy atom. The minimum Gasteiger partial charge on any atom is -0.336 e. The molecule has 2 amide bonds. The number of nitrogens with zero attached hydrogens (tertiary/aromatic N) is 1. The van der Waals surface area contributed by atoms with Crippen molar-refractivity contribution in [2.75, 3.05) is 18.0 Å². The van der Waals surface area contributed by atoms with Crippen molar-refractivity contribution in [1.82, 2.24) is 5.32 Å². The van der Waals surface area contributed by atoms with Crippen molar-refractivity contribution in [3.8, 4) is 0 Å². The van der Waals surface area contributed by atoms with E-state index >= 15 is 0 Å². The van der Waals surface area contributed by atoms with Gasteiger partial charge >= 0.3 is 6.03 Å². The third-order valence-corrected chi connectivity index (χ3v) is 2.41. The molecule has 4 nitrogen and oxygen atoms in total. The number of hydrogen-bond donors (Lipinski definition) is 2. The first kappa shape index (κ1) is 9.92. The Balaban J connectivity index is 2.40.